The lowest BCUT2D eigenvalue weighted by Crippen LogP contribution is -2.32. The van der Waals surface area contributed by atoms with Crippen molar-refractivity contribution in [3.8, 4) is 16.9 Å². The Labute approximate surface area is 291 Å². The van der Waals surface area contributed by atoms with E-state index in [0.717, 1.165) is 33.5 Å². The van der Waals surface area contributed by atoms with Gasteiger partial charge in [-0.3, -0.25) is 14.4 Å². The fourth-order valence-corrected chi connectivity index (χ4v) is 4.95. The van der Waals surface area contributed by atoms with Gasteiger partial charge in [-0.05, 0) is 58.0 Å². The van der Waals surface area contributed by atoms with E-state index in [2.05, 4.69) is 10.4 Å². The van der Waals surface area contributed by atoms with Crippen molar-refractivity contribution in [2.75, 3.05) is 20.2 Å². The Morgan fingerprint density at radius 2 is 1.69 bits per heavy atom. The van der Waals surface area contributed by atoms with Crippen LogP contribution in [0, 0.1) is 12.1 Å². The molecule has 0 aliphatic heterocycles. The summed E-state index contributed by atoms with van der Waals surface area (Å²) in [6, 6.07) is 12.3. The number of halogens is 3. The first-order valence-corrected chi connectivity index (χ1v) is 16.6. The summed E-state index contributed by atoms with van der Waals surface area (Å²) in [5.41, 5.74) is -0.353. The maximum atomic E-state index is 13.5. The van der Waals surface area contributed by atoms with Gasteiger partial charge in [0.05, 0.1) is 34.7 Å². The molecule has 3 aromatic rings. The van der Waals surface area contributed by atoms with Crippen LogP contribution in [0.5, 0.6) is 0 Å². The van der Waals surface area contributed by atoms with Crippen LogP contribution in [0.25, 0.3) is 16.9 Å². The van der Waals surface area contributed by atoms with E-state index in [0.29, 0.717) is 5.56 Å². The van der Waals surface area contributed by atoms with Gasteiger partial charge in [0.25, 0.3) is 16.3 Å². The number of sulfonamides is 1. The van der Waals surface area contributed by atoms with Crippen molar-refractivity contribution in [1.29, 1.82) is 0 Å². The van der Waals surface area contributed by atoms with Crippen LogP contribution in [-0.4, -0.2) is 78.3 Å². The third-order valence-corrected chi connectivity index (χ3v) is 7.82. The first-order valence-electron chi connectivity index (χ1n) is 15.2. The average Bonchev–Trinajstić information content (AvgIpc) is 3.48. The van der Waals surface area contributed by atoms with Crippen LogP contribution in [-0.2, 0) is 44.8 Å². The molecule has 0 aliphatic carbocycles. The van der Waals surface area contributed by atoms with Gasteiger partial charge in [0.1, 0.15) is 18.8 Å². The number of hydrazine groups is 1. The van der Waals surface area contributed by atoms with Crippen LogP contribution in [0.2, 0.25) is 0 Å². The minimum Gasteiger partial charge on any atom is -0.569 e. The molecule has 51 heavy (non-hydrogen) atoms. The van der Waals surface area contributed by atoms with Crippen LogP contribution < -0.4 is 4.72 Å². The molecule has 2 aromatic carbocycles. The number of rotatable bonds is 14. The second kappa shape index (κ2) is 16.5. The molecule has 0 spiro atoms. The lowest BCUT2D eigenvalue weighted by molar-refractivity contribution is -0.707. The molecule has 20 heteroatoms. The Bertz CT molecular complexity index is 1820. The maximum absolute atomic E-state index is 13.5. The van der Waals surface area contributed by atoms with Crippen molar-refractivity contribution in [1.82, 2.24) is 19.5 Å². The SMILES string of the molecule is Cc1ccc(-c2cc(C(F)(F)F)nn2-c2ccc(S(=O)(=O)NC(=O)CCC(=O)OCCN(C)/[N+]([O-])=N/OC(C)OC(=O)OC(C)(C)C)cc2)cc1. The monoisotopic (exact) mass is 742 g/mol. The van der Waals surface area contributed by atoms with Crippen LogP contribution in [0.4, 0.5) is 18.0 Å². The van der Waals surface area contributed by atoms with E-state index < -0.39 is 64.7 Å². The Morgan fingerprint density at radius 3 is 2.27 bits per heavy atom. The number of likely N-dealkylation sites (N-methyl/N-ethyl adjacent to an activating group) is 1. The quantitative estimate of drug-likeness (QED) is 0.0762. The van der Waals surface area contributed by atoms with E-state index in [9.17, 15) is 41.2 Å². The van der Waals surface area contributed by atoms with E-state index in [1.165, 1.54) is 26.1 Å². The van der Waals surface area contributed by atoms with Crippen LogP contribution in [0.15, 0.2) is 64.8 Å². The number of aromatic nitrogens is 2. The predicted octanol–water partition coefficient (Wildman–Crippen LogP) is 5.03. The van der Waals surface area contributed by atoms with Gasteiger partial charge in [-0.25, -0.2) is 22.6 Å². The number of benzene rings is 2. The second-order valence-corrected chi connectivity index (χ2v) is 13.6. The summed E-state index contributed by atoms with van der Waals surface area (Å²) in [5.74, 6) is -1.90. The minimum atomic E-state index is -4.73. The van der Waals surface area contributed by atoms with Crippen molar-refractivity contribution >= 4 is 28.1 Å². The summed E-state index contributed by atoms with van der Waals surface area (Å²) in [4.78, 5) is 40.4. The highest BCUT2D eigenvalue weighted by Gasteiger charge is 2.35. The molecule has 3 rings (SSSR count). The number of aryl methyl sites for hydroxylation is 1. The zero-order chi connectivity index (χ0) is 38.1. The highest BCUT2D eigenvalue weighted by Crippen LogP contribution is 2.33. The summed E-state index contributed by atoms with van der Waals surface area (Å²) in [6.45, 7) is 7.53. The molecule has 278 valence electrons. The van der Waals surface area contributed by atoms with Gasteiger partial charge in [-0.2, -0.15) is 18.3 Å². The van der Waals surface area contributed by atoms with Crippen LogP contribution >= 0.6 is 0 Å². The number of nitrogens with zero attached hydrogens (tertiary/aromatic N) is 5. The highest BCUT2D eigenvalue weighted by atomic mass is 32.2. The van der Waals surface area contributed by atoms with Crippen molar-refractivity contribution in [3.05, 3.63) is 71.1 Å². The van der Waals surface area contributed by atoms with Gasteiger partial charge in [0, 0.05) is 18.9 Å². The van der Waals surface area contributed by atoms with Crippen molar-refractivity contribution in [2.24, 2.45) is 5.28 Å². The number of ether oxygens (including phenoxy) is 3. The molecule has 0 fully saturated rings. The van der Waals surface area contributed by atoms with E-state index in [4.69, 9.17) is 19.0 Å². The number of amides is 1. The fraction of sp³-hybridized carbons (Fsp3) is 0.419. The fourth-order valence-electron chi connectivity index (χ4n) is 3.94. The Hall–Kier alpha value is -5.40. The summed E-state index contributed by atoms with van der Waals surface area (Å²) in [5, 5.41) is 19.8. The van der Waals surface area contributed by atoms with Crippen LogP contribution in [0.1, 0.15) is 51.8 Å². The van der Waals surface area contributed by atoms with Gasteiger partial charge < -0.3 is 19.4 Å². The van der Waals surface area contributed by atoms with Gasteiger partial charge >= 0.3 is 18.3 Å². The zero-order valence-electron chi connectivity index (χ0n) is 28.5. The smallest absolute Gasteiger partial charge is 0.511 e. The standard InChI is InChI=1S/C31H37F3N6O10S/c1-20-7-9-22(10-8-20)25-19-26(31(32,33)34)35-39(25)23-11-13-24(14-12-23)51(45,46)36-27(41)15-16-28(42)47-18-17-38(6)40(44)37-50-21(2)48-29(43)49-30(3,4)5/h7-14,19,21H,15-18H2,1-6H3,(H,36,41)/b40-37-. The molecule has 1 amide bonds. The summed E-state index contributed by atoms with van der Waals surface area (Å²) in [7, 11) is -3.13. The lowest BCUT2D eigenvalue weighted by atomic mass is 10.1. The number of hydrogen-bond acceptors (Lipinski definition) is 12. The third kappa shape index (κ3) is 12.5. The van der Waals surface area contributed by atoms with E-state index >= 15 is 0 Å². The molecule has 0 saturated heterocycles. The van der Waals surface area contributed by atoms with Gasteiger partial charge in [-0.15, -0.1) is 5.01 Å². The molecule has 1 unspecified atom stereocenters. The summed E-state index contributed by atoms with van der Waals surface area (Å²) >= 11 is 0. The van der Waals surface area contributed by atoms with Crippen molar-refractivity contribution in [3.63, 3.8) is 0 Å². The predicted molar refractivity (Wildman–Crippen MR) is 171 cm³/mol. The third-order valence-electron chi connectivity index (χ3n) is 6.43. The van der Waals surface area contributed by atoms with E-state index in [1.807, 2.05) is 11.6 Å². The molecular formula is C31H37F3N6O10S. The first kappa shape index (κ1) is 40.0. The molecular weight excluding hydrogens is 705 g/mol. The molecule has 0 saturated carbocycles. The van der Waals surface area contributed by atoms with Gasteiger partial charge in [0.15, 0.2) is 5.69 Å². The van der Waals surface area contributed by atoms with Gasteiger partial charge in [0.2, 0.25) is 11.2 Å². The molecule has 1 N–H and O–H groups in total. The Morgan fingerprint density at radius 1 is 1.06 bits per heavy atom. The minimum absolute atomic E-state index is 0.00537. The van der Waals surface area contributed by atoms with Gasteiger partial charge in [-0.1, -0.05) is 29.8 Å². The Kier molecular flexibility index (Phi) is 13.0. The van der Waals surface area contributed by atoms with E-state index in [-0.39, 0.29) is 34.4 Å². The molecule has 1 atom stereocenters. The molecule has 0 radical (unpaired) electrons. The largest absolute Gasteiger partial charge is 0.569 e. The molecule has 1 heterocycles. The zero-order valence-corrected chi connectivity index (χ0v) is 29.3. The van der Waals surface area contributed by atoms with Crippen molar-refractivity contribution in [2.45, 2.75) is 70.4 Å². The van der Waals surface area contributed by atoms with Crippen molar-refractivity contribution < 1.29 is 60.0 Å². The van der Waals surface area contributed by atoms with Crippen LogP contribution in [0.3, 0.4) is 0 Å². The number of alkyl halides is 3. The molecule has 16 nitrogen and oxygen atoms in total. The number of carbonyl (C=O) groups is 3. The second-order valence-electron chi connectivity index (χ2n) is 11.9. The molecule has 0 aliphatic rings. The number of esters is 1. The number of hydrogen-bond donors (Lipinski definition) is 1. The molecule has 0 bridgehead atoms. The normalized spacial score (nSPS) is 12.8. The topological polar surface area (TPSA) is 194 Å². The summed E-state index contributed by atoms with van der Waals surface area (Å²) < 4.78 is 83.6. The summed E-state index contributed by atoms with van der Waals surface area (Å²) in [6.07, 6.45) is -8.08. The lowest BCUT2D eigenvalue weighted by Gasteiger charge is -2.20. The average molecular weight is 743 g/mol. The number of carbonyl (C=O) groups excluding carboxylic acids is 3. The Balaban J connectivity index is 1.50. The maximum Gasteiger partial charge on any atom is 0.511 e. The number of nitrogens with one attached hydrogen (secondary N) is 1. The first-order chi connectivity index (χ1) is 23.6. The highest BCUT2D eigenvalue weighted by molar-refractivity contribution is 7.90. The van der Waals surface area contributed by atoms with E-state index in [1.54, 1.807) is 45.0 Å². The molecule has 1 aromatic heterocycles.